The number of non-ortho nitro benzene ring substituents is 1. The standard InChI is InChI=1S/C18H26N4O5S/c19-28(26,27)17-13-15(22(24)25)6-7-16(17)20-8-10-21(11-9-20)18(23)12-14-4-2-1-3-5-14/h6-7,13-14H,1-5,8-12H2,(H2,19,26,27). The fourth-order valence-electron chi connectivity index (χ4n) is 4.07. The highest BCUT2D eigenvalue weighted by molar-refractivity contribution is 7.89. The number of nitro groups is 1. The van der Waals surface area contributed by atoms with Crippen molar-refractivity contribution in [3.63, 3.8) is 0 Å². The fourth-order valence-corrected chi connectivity index (χ4v) is 4.84. The summed E-state index contributed by atoms with van der Waals surface area (Å²) in [6.07, 6.45) is 6.47. The molecule has 154 valence electrons. The molecule has 28 heavy (non-hydrogen) atoms. The zero-order valence-electron chi connectivity index (χ0n) is 15.7. The first-order valence-electron chi connectivity index (χ1n) is 9.59. The van der Waals surface area contributed by atoms with E-state index in [1.807, 2.05) is 9.80 Å². The van der Waals surface area contributed by atoms with E-state index in [0.29, 0.717) is 44.2 Å². The van der Waals surface area contributed by atoms with Crippen molar-refractivity contribution in [2.45, 2.75) is 43.4 Å². The van der Waals surface area contributed by atoms with Crippen LogP contribution in [0.1, 0.15) is 38.5 Å². The van der Waals surface area contributed by atoms with Crippen molar-refractivity contribution in [1.29, 1.82) is 0 Å². The number of piperazine rings is 1. The van der Waals surface area contributed by atoms with Crippen molar-refractivity contribution >= 4 is 27.3 Å². The number of nitrogens with two attached hydrogens (primary N) is 1. The van der Waals surface area contributed by atoms with Gasteiger partial charge in [0.1, 0.15) is 4.90 Å². The maximum atomic E-state index is 12.6. The molecular formula is C18H26N4O5S. The Kier molecular flexibility index (Phi) is 6.19. The van der Waals surface area contributed by atoms with Crippen molar-refractivity contribution < 1.29 is 18.1 Å². The molecule has 2 aliphatic rings. The van der Waals surface area contributed by atoms with Gasteiger partial charge in [0.05, 0.1) is 10.6 Å². The van der Waals surface area contributed by atoms with Crippen molar-refractivity contribution in [1.82, 2.24) is 4.90 Å². The molecule has 1 saturated carbocycles. The predicted octanol–water partition coefficient (Wildman–Crippen LogP) is 1.86. The lowest BCUT2D eigenvalue weighted by Crippen LogP contribution is -2.49. The number of sulfonamides is 1. The second-order valence-electron chi connectivity index (χ2n) is 7.53. The first-order valence-corrected chi connectivity index (χ1v) is 11.1. The molecular weight excluding hydrogens is 384 g/mol. The number of benzene rings is 1. The first-order chi connectivity index (χ1) is 13.3. The van der Waals surface area contributed by atoms with Gasteiger partial charge in [-0.15, -0.1) is 0 Å². The molecule has 1 aliphatic carbocycles. The van der Waals surface area contributed by atoms with Crippen LogP contribution in [-0.4, -0.2) is 50.3 Å². The van der Waals surface area contributed by atoms with Crippen LogP contribution in [0.4, 0.5) is 11.4 Å². The third-order valence-electron chi connectivity index (χ3n) is 5.62. The predicted molar refractivity (Wildman–Crippen MR) is 104 cm³/mol. The van der Waals surface area contributed by atoms with Crippen LogP contribution in [0.15, 0.2) is 23.1 Å². The summed E-state index contributed by atoms with van der Waals surface area (Å²) in [6, 6.07) is 3.67. The molecule has 1 aromatic rings. The Morgan fingerprint density at radius 3 is 2.36 bits per heavy atom. The molecule has 2 N–H and O–H groups in total. The lowest BCUT2D eigenvalue weighted by Gasteiger charge is -2.37. The van der Waals surface area contributed by atoms with Gasteiger partial charge in [-0.05, 0) is 24.8 Å². The van der Waals surface area contributed by atoms with Gasteiger partial charge in [0.15, 0.2) is 0 Å². The normalized spacial score (nSPS) is 18.9. The molecule has 1 amide bonds. The van der Waals surface area contributed by atoms with Crippen LogP contribution >= 0.6 is 0 Å². The van der Waals surface area contributed by atoms with Crippen LogP contribution in [0.5, 0.6) is 0 Å². The van der Waals surface area contributed by atoms with Crippen molar-refractivity contribution in [2.24, 2.45) is 11.1 Å². The molecule has 1 saturated heterocycles. The van der Waals surface area contributed by atoms with E-state index in [0.717, 1.165) is 18.9 Å². The summed E-state index contributed by atoms with van der Waals surface area (Å²) >= 11 is 0. The van der Waals surface area contributed by atoms with Gasteiger partial charge >= 0.3 is 0 Å². The van der Waals surface area contributed by atoms with E-state index in [9.17, 15) is 23.3 Å². The van der Waals surface area contributed by atoms with Crippen LogP contribution in [-0.2, 0) is 14.8 Å². The Bertz CT molecular complexity index is 844. The largest absolute Gasteiger partial charge is 0.367 e. The van der Waals surface area contributed by atoms with Gasteiger partial charge in [-0.2, -0.15) is 0 Å². The summed E-state index contributed by atoms with van der Waals surface area (Å²) in [5, 5.41) is 16.2. The summed E-state index contributed by atoms with van der Waals surface area (Å²) in [5.74, 6) is 0.629. The van der Waals surface area contributed by atoms with Crippen LogP contribution in [0.25, 0.3) is 0 Å². The first kappa shape index (κ1) is 20.5. The molecule has 0 unspecified atom stereocenters. The quantitative estimate of drug-likeness (QED) is 0.583. The van der Waals surface area contributed by atoms with E-state index in [4.69, 9.17) is 5.14 Å². The number of anilines is 1. The van der Waals surface area contributed by atoms with Crippen LogP contribution in [0.3, 0.4) is 0 Å². The third-order valence-corrected chi connectivity index (χ3v) is 6.56. The number of hydrogen-bond acceptors (Lipinski definition) is 6. The number of carbonyl (C=O) groups is 1. The van der Waals surface area contributed by atoms with Gasteiger partial charge in [0, 0.05) is 44.7 Å². The smallest absolute Gasteiger partial charge is 0.270 e. The number of primary sulfonamides is 1. The molecule has 0 aromatic heterocycles. The number of nitrogens with zero attached hydrogens (tertiary/aromatic N) is 3. The highest BCUT2D eigenvalue weighted by Gasteiger charge is 2.28. The highest BCUT2D eigenvalue weighted by atomic mass is 32.2. The van der Waals surface area contributed by atoms with Gasteiger partial charge in [-0.1, -0.05) is 19.3 Å². The van der Waals surface area contributed by atoms with E-state index < -0.39 is 14.9 Å². The minimum absolute atomic E-state index is 0.155. The molecule has 10 heteroatoms. The molecule has 9 nitrogen and oxygen atoms in total. The Hall–Kier alpha value is -2.20. The average molecular weight is 410 g/mol. The van der Waals surface area contributed by atoms with Crippen LogP contribution in [0.2, 0.25) is 0 Å². The van der Waals surface area contributed by atoms with Gasteiger partial charge in [-0.25, -0.2) is 13.6 Å². The lowest BCUT2D eigenvalue weighted by atomic mass is 9.86. The van der Waals surface area contributed by atoms with Crippen molar-refractivity contribution in [2.75, 3.05) is 31.1 Å². The molecule has 1 heterocycles. The van der Waals surface area contributed by atoms with Gasteiger partial charge in [-0.3, -0.25) is 14.9 Å². The summed E-state index contributed by atoms with van der Waals surface area (Å²) in [7, 11) is -4.11. The molecule has 1 aromatic carbocycles. The molecule has 0 bridgehead atoms. The SMILES string of the molecule is NS(=O)(=O)c1cc([N+](=O)[O-])ccc1N1CCN(C(=O)CC2CCCCC2)CC1. The number of nitro benzene ring substituents is 1. The zero-order valence-corrected chi connectivity index (χ0v) is 16.6. The maximum Gasteiger partial charge on any atom is 0.270 e. The topological polar surface area (TPSA) is 127 Å². The molecule has 0 radical (unpaired) electrons. The monoisotopic (exact) mass is 410 g/mol. The Balaban J connectivity index is 1.67. The molecule has 0 atom stereocenters. The maximum absolute atomic E-state index is 12.6. The van der Waals surface area contributed by atoms with Gasteiger partial charge in [0.2, 0.25) is 15.9 Å². The van der Waals surface area contributed by atoms with E-state index >= 15 is 0 Å². The molecule has 0 spiro atoms. The van der Waals surface area contributed by atoms with E-state index in [-0.39, 0.29) is 16.5 Å². The third kappa shape index (κ3) is 4.79. The zero-order chi connectivity index (χ0) is 20.3. The fraction of sp³-hybridized carbons (Fsp3) is 0.611. The van der Waals surface area contributed by atoms with E-state index in [2.05, 4.69) is 0 Å². The minimum Gasteiger partial charge on any atom is -0.367 e. The van der Waals surface area contributed by atoms with Gasteiger partial charge in [0.25, 0.3) is 5.69 Å². The summed E-state index contributed by atoms with van der Waals surface area (Å²) in [6.45, 7) is 1.90. The van der Waals surface area contributed by atoms with Crippen molar-refractivity contribution in [3.05, 3.63) is 28.3 Å². The second kappa shape index (κ2) is 8.44. The molecule has 3 rings (SSSR count). The number of hydrogen-bond donors (Lipinski definition) is 1. The van der Waals surface area contributed by atoms with Crippen LogP contribution < -0.4 is 10.0 Å². The number of amides is 1. The summed E-state index contributed by atoms with van der Waals surface area (Å²) in [4.78, 5) is 26.3. The lowest BCUT2D eigenvalue weighted by molar-refractivity contribution is -0.385. The highest BCUT2D eigenvalue weighted by Crippen LogP contribution is 2.30. The van der Waals surface area contributed by atoms with Gasteiger partial charge < -0.3 is 9.80 Å². The molecule has 2 fully saturated rings. The van der Waals surface area contributed by atoms with Crippen LogP contribution in [0, 0.1) is 16.0 Å². The minimum atomic E-state index is -4.11. The second-order valence-corrected chi connectivity index (χ2v) is 9.06. The average Bonchev–Trinajstić information content (AvgIpc) is 2.67. The summed E-state index contributed by atoms with van der Waals surface area (Å²) < 4.78 is 23.9. The van der Waals surface area contributed by atoms with E-state index in [1.54, 1.807) is 0 Å². The Morgan fingerprint density at radius 2 is 1.79 bits per heavy atom. The summed E-state index contributed by atoms with van der Waals surface area (Å²) in [5.41, 5.74) is 0.0153. The van der Waals surface area contributed by atoms with Crippen molar-refractivity contribution in [3.8, 4) is 0 Å². The number of rotatable bonds is 5. The Morgan fingerprint density at radius 1 is 1.14 bits per heavy atom. The van der Waals surface area contributed by atoms with E-state index in [1.165, 1.54) is 31.4 Å². The number of carbonyl (C=O) groups excluding carboxylic acids is 1. The molecule has 1 aliphatic heterocycles. The Labute approximate surface area is 164 Å².